The van der Waals surface area contributed by atoms with Crippen molar-refractivity contribution >= 4 is 28.3 Å². The maximum absolute atomic E-state index is 12.1. The molecule has 4 nitrogen and oxygen atoms in total. The normalized spacial score (nSPS) is 13.5. The van der Waals surface area contributed by atoms with Gasteiger partial charge in [0.25, 0.3) is 0 Å². The van der Waals surface area contributed by atoms with Crippen molar-refractivity contribution in [3.8, 4) is 5.75 Å². The second kappa shape index (κ2) is 7.88. The molecule has 146 valence electrons. The Bertz CT molecular complexity index is 1060. The summed E-state index contributed by atoms with van der Waals surface area (Å²) in [7, 11) is 0. The summed E-state index contributed by atoms with van der Waals surface area (Å²) < 4.78 is 11.6. The van der Waals surface area contributed by atoms with Crippen molar-refractivity contribution in [1.29, 1.82) is 0 Å². The molecule has 0 bridgehead atoms. The molecule has 0 aliphatic carbocycles. The van der Waals surface area contributed by atoms with E-state index < -0.39 is 0 Å². The second-order valence-corrected chi connectivity index (χ2v) is 7.64. The minimum atomic E-state index is -0.341. The average Bonchev–Trinajstić information content (AvgIpc) is 2.72. The van der Waals surface area contributed by atoms with E-state index in [9.17, 15) is 4.79 Å². The summed E-state index contributed by atoms with van der Waals surface area (Å²) in [5.74, 6) is 0.612. The second-order valence-electron chi connectivity index (χ2n) is 7.23. The van der Waals surface area contributed by atoms with Crippen molar-refractivity contribution in [2.75, 3.05) is 11.6 Å². The maximum Gasteiger partial charge on any atom is 0.336 e. The van der Waals surface area contributed by atoms with Gasteiger partial charge in [0.15, 0.2) is 6.73 Å². The fourth-order valence-corrected chi connectivity index (χ4v) is 4.04. The van der Waals surface area contributed by atoms with Crippen LogP contribution in [0.25, 0.3) is 11.0 Å². The third-order valence-corrected chi connectivity index (χ3v) is 5.62. The number of aryl methyl sites for hydroxylation is 2. The first kappa shape index (κ1) is 18.9. The maximum atomic E-state index is 12.1. The van der Waals surface area contributed by atoms with Gasteiger partial charge in [0.1, 0.15) is 11.3 Å². The van der Waals surface area contributed by atoms with Crippen LogP contribution in [0.15, 0.2) is 45.6 Å². The Labute approximate surface area is 169 Å². The smallest absolute Gasteiger partial charge is 0.336 e. The van der Waals surface area contributed by atoms with Gasteiger partial charge in [-0.05, 0) is 48.6 Å². The molecule has 2 heterocycles. The SMILES string of the molecule is CCCCc1ccc(N2COc3c(Cl)cc4c(CC)cc(=O)oc4c3C2)cc1. The Morgan fingerprint density at radius 1 is 1.14 bits per heavy atom. The highest BCUT2D eigenvalue weighted by Gasteiger charge is 2.25. The zero-order valence-electron chi connectivity index (χ0n) is 16.3. The number of unbranched alkanes of at least 4 members (excludes halogenated alkanes) is 1. The van der Waals surface area contributed by atoms with Gasteiger partial charge >= 0.3 is 5.63 Å². The molecule has 0 saturated carbocycles. The van der Waals surface area contributed by atoms with Crippen LogP contribution in [0, 0.1) is 0 Å². The third-order valence-electron chi connectivity index (χ3n) is 5.34. The van der Waals surface area contributed by atoms with E-state index in [4.69, 9.17) is 20.8 Å². The highest BCUT2D eigenvalue weighted by atomic mass is 35.5. The summed E-state index contributed by atoms with van der Waals surface area (Å²) in [6.45, 7) is 5.21. The van der Waals surface area contributed by atoms with E-state index in [2.05, 4.69) is 36.1 Å². The van der Waals surface area contributed by atoms with Crippen molar-refractivity contribution in [1.82, 2.24) is 0 Å². The van der Waals surface area contributed by atoms with Crippen LogP contribution >= 0.6 is 11.6 Å². The first-order valence-corrected chi connectivity index (χ1v) is 10.2. The Kier molecular flexibility index (Phi) is 5.31. The van der Waals surface area contributed by atoms with Gasteiger partial charge in [-0.2, -0.15) is 0 Å². The zero-order valence-corrected chi connectivity index (χ0v) is 17.0. The predicted molar refractivity (Wildman–Crippen MR) is 114 cm³/mol. The van der Waals surface area contributed by atoms with Crippen LogP contribution in [-0.4, -0.2) is 6.73 Å². The highest BCUT2D eigenvalue weighted by Crippen LogP contribution is 2.40. The van der Waals surface area contributed by atoms with E-state index in [1.54, 1.807) is 6.07 Å². The van der Waals surface area contributed by atoms with Crippen LogP contribution in [-0.2, 0) is 19.4 Å². The number of hydrogen-bond donors (Lipinski definition) is 0. The predicted octanol–water partition coefficient (Wildman–Crippen LogP) is 5.71. The molecule has 4 rings (SSSR count). The van der Waals surface area contributed by atoms with Crippen molar-refractivity contribution in [2.24, 2.45) is 0 Å². The van der Waals surface area contributed by atoms with E-state index in [1.165, 1.54) is 18.4 Å². The molecular formula is C23H24ClNO3. The van der Waals surface area contributed by atoms with E-state index >= 15 is 0 Å². The van der Waals surface area contributed by atoms with Gasteiger partial charge in [-0.15, -0.1) is 0 Å². The van der Waals surface area contributed by atoms with Crippen molar-refractivity contribution in [3.63, 3.8) is 0 Å². The quantitative estimate of drug-likeness (QED) is 0.517. The minimum Gasteiger partial charge on any atom is -0.471 e. The molecule has 3 aromatic rings. The average molecular weight is 398 g/mol. The van der Waals surface area contributed by atoms with Crippen LogP contribution in [0.1, 0.15) is 43.4 Å². The Hall–Kier alpha value is -2.46. The van der Waals surface area contributed by atoms with Gasteiger partial charge < -0.3 is 14.1 Å². The lowest BCUT2D eigenvalue weighted by atomic mass is 10.0. The van der Waals surface area contributed by atoms with Crippen LogP contribution in [0.3, 0.4) is 0 Å². The third kappa shape index (κ3) is 3.49. The fourth-order valence-electron chi connectivity index (χ4n) is 3.76. The van der Waals surface area contributed by atoms with Crippen molar-refractivity contribution in [2.45, 2.75) is 46.1 Å². The molecule has 0 atom stereocenters. The lowest BCUT2D eigenvalue weighted by Crippen LogP contribution is -2.32. The molecule has 1 aliphatic rings. The number of rotatable bonds is 5. The summed E-state index contributed by atoms with van der Waals surface area (Å²) in [5, 5.41) is 1.44. The lowest BCUT2D eigenvalue weighted by molar-refractivity contribution is 0.289. The van der Waals surface area contributed by atoms with Crippen LogP contribution in [0.4, 0.5) is 5.69 Å². The number of nitrogens with zero attached hydrogens (tertiary/aromatic N) is 1. The number of hydrogen-bond acceptors (Lipinski definition) is 4. The zero-order chi connectivity index (χ0) is 19.7. The number of benzene rings is 2. The first-order chi connectivity index (χ1) is 13.6. The van der Waals surface area contributed by atoms with Crippen molar-refractivity contribution < 1.29 is 9.15 Å². The molecule has 1 aromatic heterocycles. The molecule has 1 aliphatic heterocycles. The van der Waals surface area contributed by atoms with Crippen LogP contribution in [0.2, 0.25) is 5.02 Å². The summed E-state index contributed by atoms with van der Waals surface area (Å²) in [6, 6.07) is 12.0. The van der Waals surface area contributed by atoms with Gasteiger partial charge in [0.2, 0.25) is 0 Å². The van der Waals surface area contributed by atoms with Gasteiger partial charge in [0.05, 0.1) is 17.1 Å². The van der Waals surface area contributed by atoms with E-state index in [0.717, 1.165) is 35.0 Å². The molecule has 0 unspecified atom stereocenters. The minimum absolute atomic E-state index is 0.341. The number of anilines is 1. The highest BCUT2D eigenvalue weighted by molar-refractivity contribution is 6.33. The molecule has 0 amide bonds. The van der Waals surface area contributed by atoms with Crippen LogP contribution in [0.5, 0.6) is 5.75 Å². The van der Waals surface area contributed by atoms with Gasteiger partial charge in [-0.3, -0.25) is 0 Å². The Balaban J connectivity index is 1.72. The number of ether oxygens (including phenoxy) is 1. The van der Waals surface area contributed by atoms with Gasteiger partial charge in [0, 0.05) is 17.1 Å². The lowest BCUT2D eigenvalue weighted by Gasteiger charge is -2.31. The van der Waals surface area contributed by atoms with E-state index in [1.807, 2.05) is 13.0 Å². The molecule has 0 saturated heterocycles. The van der Waals surface area contributed by atoms with E-state index in [0.29, 0.717) is 29.6 Å². The summed E-state index contributed by atoms with van der Waals surface area (Å²) in [6.07, 6.45) is 4.22. The molecular weight excluding hydrogens is 374 g/mol. The molecule has 0 spiro atoms. The van der Waals surface area contributed by atoms with Crippen molar-refractivity contribution in [3.05, 3.63) is 68.5 Å². The molecule has 0 fully saturated rings. The first-order valence-electron chi connectivity index (χ1n) is 9.85. The molecule has 2 aromatic carbocycles. The standard InChI is InChI=1S/C23H24ClNO3/c1-3-5-6-15-7-9-17(10-8-15)25-13-19-22-18(12-20(24)23(19)27-14-25)16(4-2)11-21(26)28-22/h7-12H,3-6,13-14H2,1-2H3. The number of fused-ring (bicyclic) bond motifs is 3. The molecule has 0 radical (unpaired) electrons. The Morgan fingerprint density at radius 2 is 1.93 bits per heavy atom. The largest absolute Gasteiger partial charge is 0.471 e. The summed E-state index contributed by atoms with van der Waals surface area (Å²) in [4.78, 5) is 14.2. The molecule has 0 N–H and O–H groups in total. The van der Waals surface area contributed by atoms with E-state index in [-0.39, 0.29) is 5.63 Å². The van der Waals surface area contributed by atoms with Crippen LogP contribution < -0.4 is 15.3 Å². The molecule has 5 heteroatoms. The summed E-state index contributed by atoms with van der Waals surface area (Å²) >= 11 is 6.49. The summed E-state index contributed by atoms with van der Waals surface area (Å²) in [5.41, 5.74) is 4.42. The molecule has 28 heavy (non-hydrogen) atoms. The van der Waals surface area contributed by atoms with Gasteiger partial charge in [-0.25, -0.2) is 4.79 Å². The monoisotopic (exact) mass is 397 g/mol. The number of halogens is 1. The Morgan fingerprint density at radius 3 is 2.64 bits per heavy atom. The fraction of sp³-hybridized carbons (Fsp3) is 0.348. The topological polar surface area (TPSA) is 42.7 Å². The van der Waals surface area contributed by atoms with Gasteiger partial charge in [-0.1, -0.05) is 44.0 Å².